The molecule has 2 N–H and O–H groups in total. The summed E-state index contributed by atoms with van der Waals surface area (Å²) in [6, 6.07) is 12.8. The van der Waals surface area contributed by atoms with Gasteiger partial charge in [0.25, 0.3) is 0 Å². The lowest BCUT2D eigenvalue weighted by Crippen LogP contribution is -2.26. The first-order valence-corrected chi connectivity index (χ1v) is 15.4. The molecular weight excluding hydrogens is 508 g/mol. The number of allylic oxidation sites excluding steroid dienone is 2. The van der Waals surface area contributed by atoms with E-state index < -0.39 is 0 Å². The van der Waals surface area contributed by atoms with Gasteiger partial charge in [-0.15, -0.1) is 5.73 Å². The lowest BCUT2D eigenvalue weighted by molar-refractivity contribution is 0.132. The van der Waals surface area contributed by atoms with Gasteiger partial charge in [0, 0.05) is 38.5 Å². The fraction of sp³-hybridized carbons (Fsp3) is 0.472. The molecule has 3 rings (SSSR count). The average Bonchev–Trinajstić information content (AvgIpc) is 3.25. The molecule has 0 amide bonds. The number of benzene rings is 2. The van der Waals surface area contributed by atoms with Gasteiger partial charge in [0.2, 0.25) is 0 Å². The van der Waals surface area contributed by atoms with Gasteiger partial charge in [0.05, 0.1) is 0 Å². The molecule has 0 bridgehead atoms. The van der Waals surface area contributed by atoms with Crippen LogP contribution in [0.25, 0.3) is 0 Å². The molecule has 1 aliphatic rings. The summed E-state index contributed by atoms with van der Waals surface area (Å²) in [5, 5.41) is 19.5. The van der Waals surface area contributed by atoms with Crippen LogP contribution >= 0.6 is 0 Å². The van der Waals surface area contributed by atoms with Crippen LogP contribution in [0.3, 0.4) is 0 Å². The number of nitrogens with zero attached hydrogens (tertiary/aromatic N) is 2. The molecule has 1 heterocycles. The topological polar surface area (TPSA) is 56.2 Å². The highest BCUT2D eigenvalue weighted by molar-refractivity contribution is 5.58. The van der Waals surface area contributed by atoms with Crippen LogP contribution in [-0.2, 0) is 17.7 Å². The normalized spacial score (nSPS) is 13.8. The number of hydrogen-bond acceptors (Lipinski definition) is 5. The molecule has 0 unspecified atom stereocenters. The summed E-state index contributed by atoms with van der Waals surface area (Å²) in [7, 11) is 0. The van der Waals surface area contributed by atoms with E-state index in [1.165, 1.54) is 51.7 Å². The van der Waals surface area contributed by atoms with Crippen molar-refractivity contribution in [1.82, 2.24) is 4.90 Å². The van der Waals surface area contributed by atoms with Crippen molar-refractivity contribution in [2.75, 3.05) is 44.3 Å². The largest absolute Gasteiger partial charge is 0.508 e. The van der Waals surface area contributed by atoms with Crippen molar-refractivity contribution < 1.29 is 14.9 Å². The molecule has 5 nitrogen and oxygen atoms in total. The summed E-state index contributed by atoms with van der Waals surface area (Å²) < 4.78 is 5.33. The van der Waals surface area contributed by atoms with E-state index in [1.54, 1.807) is 30.4 Å². The minimum atomic E-state index is 0.262. The smallest absolute Gasteiger partial charge is 0.116 e. The average molecular weight is 561 g/mol. The second kappa shape index (κ2) is 20.6. The third-order valence-electron chi connectivity index (χ3n) is 7.08. The van der Waals surface area contributed by atoms with Crippen LogP contribution in [0.4, 0.5) is 5.69 Å². The highest BCUT2D eigenvalue weighted by Crippen LogP contribution is 2.28. The summed E-state index contributed by atoms with van der Waals surface area (Å²) in [5.74, 6) is 0.543. The second-order valence-corrected chi connectivity index (χ2v) is 10.4. The highest BCUT2D eigenvalue weighted by Gasteiger charge is 2.14. The summed E-state index contributed by atoms with van der Waals surface area (Å²) in [5.41, 5.74) is 7.61. The van der Waals surface area contributed by atoms with E-state index in [-0.39, 0.29) is 11.5 Å². The van der Waals surface area contributed by atoms with Gasteiger partial charge >= 0.3 is 0 Å². The zero-order valence-corrected chi connectivity index (χ0v) is 25.7. The third-order valence-corrected chi connectivity index (χ3v) is 7.08. The molecule has 0 aliphatic carbocycles. The van der Waals surface area contributed by atoms with Crippen LogP contribution in [0, 0.1) is 0 Å². The molecule has 0 radical (unpaired) electrons. The number of likely N-dealkylation sites (tertiary alicyclic amines) is 1. The van der Waals surface area contributed by atoms with Crippen LogP contribution in [-0.4, -0.2) is 54.5 Å². The van der Waals surface area contributed by atoms with Gasteiger partial charge in [-0.3, -0.25) is 0 Å². The third kappa shape index (κ3) is 13.8. The number of anilines is 1. The SMILES string of the molecule is C=CC=C=C/C(=C\CC)CN(Cc1ccc(O)cc1)c1ccc(O)cc1CC.CCOCCCN1CCCCCC1. The Labute approximate surface area is 249 Å². The van der Waals surface area contributed by atoms with E-state index in [0.29, 0.717) is 13.1 Å². The first-order valence-electron chi connectivity index (χ1n) is 15.4. The fourth-order valence-electron chi connectivity index (χ4n) is 4.98. The summed E-state index contributed by atoms with van der Waals surface area (Å²) in [6.45, 7) is 17.0. The fourth-order valence-corrected chi connectivity index (χ4v) is 4.98. The van der Waals surface area contributed by atoms with E-state index in [1.807, 2.05) is 30.3 Å². The van der Waals surface area contributed by atoms with Gasteiger partial charge in [0.1, 0.15) is 11.5 Å². The molecule has 224 valence electrons. The van der Waals surface area contributed by atoms with Crippen LogP contribution in [0.15, 0.2) is 84.7 Å². The molecule has 0 spiro atoms. The number of ether oxygens (including phenoxy) is 1. The zero-order chi connectivity index (χ0) is 29.7. The molecule has 0 atom stereocenters. The summed E-state index contributed by atoms with van der Waals surface area (Å²) in [6.07, 6.45) is 16.3. The molecule has 2 aromatic carbocycles. The Morgan fingerprint density at radius 2 is 1.71 bits per heavy atom. The quantitative estimate of drug-likeness (QED) is 0.139. The molecule has 2 aromatic rings. The minimum absolute atomic E-state index is 0.262. The van der Waals surface area contributed by atoms with Crippen molar-refractivity contribution in [2.45, 2.75) is 72.3 Å². The van der Waals surface area contributed by atoms with E-state index >= 15 is 0 Å². The van der Waals surface area contributed by atoms with Gasteiger partial charge in [-0.2, -0.15) is 0 Å². The molecule has 1 aliphatic heterocycles. The van der Waals surface area contributed by atoms with Gasteiger partial charge in [-0.25, -0.2) is 0 Å². The number of rotatable bonds is 14. The Hall–Kier alpha value is -3.24. The maximum Gasteiger partial charge on any atom is 0.116 e. The number of phenolic OH excluding ortho intramolecular Hbond substituents is 2. The van der Waals surface area contributed by atoms with Crippen molar-refractivity contribution in [3.8, 4) is 11.5 Å². The van der Waals surface area contributed by atoms with E-state index in [2.05, 4.69) is 49.0 Å². The van der Waals surface area contributed by atoms with Gasteiger partial charge in [-0.1, -0.05) is 57.6 Å². The van der Waals surface area contributed by atoms with Gasteiger partial charge < -0.3 is 24.7 Å². The van der Waals surface area contributed by atoms with E-state index in [9.17, 15) is 10.2 Å². The Kier molecular flexibility index (Phi) is 17.1. The maximum atomic E-state index is 9.89. The predicted molar refractivity (Wildman–Crippen MR) is 174 cm³/mol. The van der Waals surface area contributed by atoms with Crippen molar-refractivity contribution >= 4 is 5.69 Å². The standard InChI is InChI=1S/C25H29NO2.C11H23NO/c1-4-7-8-10-20(9-5-2)18-26(19-21-11-13-23(27)14-12-21)25-16-15-24(28)17-22(25)6-3;1-2-13-11-7-10-12-8-5-3-4-6-9-12/h4,7,9-17,27-28H,1,5-6,18-19H2,2-3H3;2-11H2,1H3/b20-9+;. The van der Waals surface area contributed by atoms with Crippen molar-refractivity contribution in [1.29, 1.82) is 0 Å². The molecule has 1 fully saturated rings. The van der Waals surface area contributed by atoms with E-state index in [0.717, 1.165) is 48.4 Å². The summed E-state index contributed by atoms with van der Waals surface area (Å²) >= 11 is 0. The molecular formula is C36H52N2O3. The first kappa shape index (κ1) is 34.0. The number of aromatic hydroxyl groups is 2. The molecule has 0 aromatic heterocycles. The van der Waals surface area contributed by atoms with Crippen LogP contribution in [0.1, 0.15) is 70.4 Å². The van der Waals surface area contributed by atoms with Crippen LogP contribution < -0.4 is 4.90 Å². The van der Waals surface area contributed by atoms with Crippen molar-refractivity contribution in [2.24, 2.45) is 0 Å². The number of aryl methyl sites for hydroxylation is 1. The Morgan fingerprint density at radius 1 is 1.00 bits per heavy atom. The monoisotopic (exact) mass is 560 g/mol. The van der Waals surface area contributed by atoms with Crippen LogP contribution in [0.5, 0.6) is 11.5 Å². The Bertz CT molecular complexity index is 1090. The molecule has 41 heavy (non-hydrogen) atoms. The highest BCUT2D eigenvalue weighted by atomic mass is 16.5. The first-order chi connectivity index (χ1) is 20.0. The van der Waals surface area contributed by atoms with Gasteiger partial charge in [0.15, 0.2) is 0 Å². The maximum absolute atomic E-state index is 9.89. The van der Waals surface area contributed by atoms with Crippen molar-refractivity contribution in [3.63, 3.8) is 0 Å². The lowest BCUT2D eigenvalue weighted by atomic mass is 10.1. The van der Waals surface area contributed by atoms with E-state index in [4.69, 9.17) is 4.74 Å². The van der Waals surface area contributed by atoms with Crippen molar-refractivity contribution in [3.05, 3.63) is 95.8 Å². The second-order valence-electron chi connectivity index (χ2n) is 10.4. The zero-order valence-electron chi connectivity index (χ0n) is 25.7. The molecule has 0 saturated carbocycles. The lowest BCUT2D eigenvalue weighted by Gasteiger charge is -2.28. The number of phenols is 2. The predicted octanol–water partition coefficient (Wildman–Crippen LogP) is 8.19. The van der Waals surface area contributed by atoms with Crippen LogP contribution in [0.2, 0.25) is 0 Å². The van der Waals surface area contributed by atoms with Gasteiger partial charge in [-0.05, 0) is 111 Å². The Morgan fingerprint density at radius 3 is 2.34 bits per heavy atom. The Balaban J connectivity index is 0.000000377. The molecule has 5 heteroatoms. The number of hydrogen-bond donors (Lipinski definition) is 2. The minimum Gasteiger partial charge on any atom is -0.508 e. The molecule has 1 saturated heterocycles. The summed E-state index contributed by atoms with van der Waals surface area (Å²) in [4.78, 5) is 4.88.